The molecule has 0 aliphatic rings. The second-order valence-corrected chi connectivity index (χ2v) is 7.61. The summed E-state index contributed by atoms with van der Waals surface area (Å²) >= 11 is 1.32. The highest BCUT2D eigenvalue weighted by molar-refractivity contribution is 7.98. The zero-order chi connectivity index (χ0) is 24.8. The Bertz CT molecular complexity index is 705. The van der Waals surface area contributed by atoms with Crippen LogP contribution in [0.4, 0.5) is 0 Å². The SMILES string of the molecule is CSCCC(NC(=O)C(CCC(=O)O)NC(=O)C(N)CO)C(=O)NC(CC(=O)O)C(=O)O. The quantitative estimate of drug-likeness (QED) is 0.110. The fourth-order valence-electron chi connectivity index (χ4n) is 2.32. The van der Waals surface area contributed by atoms with Gasteiger partial charge in [-0.15, -0.1) is 0 Å². The van der Waals surface area contributed by atoms with Crippen molar-refractivity contribution in [1.82, 2.24) is 16.0 Å². The van der Waals surface area contributed by atoms with Crippen LogP contribution in [0.2, 0.25) is 0 Å². The van der Waals surface area contributed by atoms with Crippen LogP contribution < -0.4 is 21.7 Å². The number of hydrogen-bond donors (Lipinski definition) is 8. The third-order valence-corrected chi connectivity index (χ3v) is 4.69. The molecule has 9 N–H and O–H groups in total. The molecule has 0 aromatic rings. The van der Waals surface area contributed by atoms with Gasteiger partial charge in [0.1, 0.15) is 24.2 Å². The first-order chi connectivity index (χ1) is 14.9. The molecule has 0 aliphatic heterocycles. The van der Waals surface area contributed by atoms with Crippen molar-refractivity contribution in [3.63, 3.8) is 0 Å². The van der Waals surface area contributed by atoms with Gasteiger partial charge in [0.05, 0.1) is 13.0 Å². The van der Waals surface area contributed by atoms with E-state index in [4.69, 9.17) is 26.2 Å². The first kappa shape index (κ1) is 29.1. The molecule has 0 saturated carbocycles. The number of carbonyl (C=O) groups excluding carboxylic acids is 3. The van der Waals surface area contributed by atoms with Crippen molar-refractivity contribution in [3.8, 4) is 0 Å². The second-order valence-electron chi connectivity index (χ2n) is 6.62. The van der Waals surface area contributed by atoms with Crippen molar-refractivity contribution in [1.29, 1.82) is 0 Å². The van der Waals surface area contributed by atoms with Crippen molar-refractivity contribution in [2.24, 2.45) is 5.73 Å². The lowest BCUT2D eigenvalue weighted by Gasteiger charge is -2.24. The lowest BCUT2D eigenvalue weighted by Crippen LogP contribution is -2.57. The molecule has 0 radical (unpaired) electrons. The van der Waals surface area contributed by atoms with Gasteiger partial charge in [0.25, 0.3) is 0 Å². The number of nitrogens with two attached hydrogens (primary N) is 1. The van der Waals surface area contributed by atoms with Crippen molar-refractivity contribution in [2.75, 3.05) is 18.6 Å². The average Bonchev–Trinajstić information content (AvgIpc) is 2.71. The molecule has 0 saturated heterocycles. The van der Waals surface area contributed by atoms with Crippen LogP contribution in [0, 0.1) is 0 Å². The Labute approximate surface area is 187 Å². The molecule has 14 nitrogen and oxygen atoms in total. The maximum atomic E-state index is 12.7. The highest BCUT2D eigenvalue weighted by Gasteiger charge is 2.31. The second kappa shape index (κ2) is 15.0. The molecule has 0 spiro atoms. The highest BCUT2D eigenvalue weighted by Crippen LogP contribution is 2.06. The standard InChI is InChI=1S/C17H28N4O10S/c1-32-5-4-10(16(29)21-11(17(30)31)6-13(25)26)20-15(28)9(2-3-12(23)24)19-14(27)8(18)7-22/h8-11,22H,2-7,18H2,1H3,(H,19,27)(H,20,28)(H,21,29)(H,23,24)(H,25,26)(H,30,31). The predicted octanol–water partition coefficient (Wildman–Crippen LogP) is -3.06. The average molecular weight is 480 g/mol. The molecule has 15 heteroatoms. The first-order valence-electron chi connectivity index (χ1n) is 9.35. The van der Waals surface area contributed by atoms with Crippen molar-refractivity contribution >= 4 is 47.4 Å². The molecule has 0 fully saturated rings. The number of amides is 3. The molecule has 4 unspecified atom stereocenters. The summed E-state index contributed by atoms with van der Waals surface area (Å²) in [5.74, 6) is -6.75. The number of carboxylic acid groups (broad SMARTS) is 3. The Morgan fingerprint density at radius 3 is 1.75 bits per heavy atom. The summed E-state index contributed by atoms with van der Waals surface area (Å²) in [4.78, 5) is 70.0. The zero-order valence-electron chi connectivity index (χ0n) is 17.3. The number of aliphatic carboxylic acids is 3. The predicted molar refractivity (Wildman–Crippen MR) is 111 cm³/mol. The fourth-order valence-corrected chi connectivity index (χ4v) is 2.79. The largest absolute Gasteiger partial charge is 0.481 e. The van der Waals surface area contributed by atoms with E-state index < -0.39 is 79.2 Å². The minimum Gasteiger partial charge on any atom is -0.481 e. The lowest BCUT2D eigenvalue weighted by molar-refractivity contribution is -0.147. The topological polar surface area (TPSA) is 245 Å². The molecule has 182 valence electrons. The minimum atomic E-state index is -1.74. The fraction of sp³-hybridized carbons (Fsp3) is 0.647. The number of nitrogens with one attached hydrogen (secondary N) is 3. The van der Waals surface area contributed by atoms with Crippen LogP contribution in [0.5, 0.6) is 0 Å². The number of carboxylic acids is 3. The Kier molecular flexibility index (Phi) is 13.6. The van der Waals surface area contributed by atoms with Gasteiger partial charge in [-0.2, -0.15) is 11.8 Å². The Hall–Kier alpha value is -2.91. The van der Waals surface area contributed by atoms with E-state index in [1.54, 1.807) is 6.26 Å². The van der Waals surface area contributed by atoms with Gasteiger partial charge in [-0.25, -0.2) is 4.79 Å². The van der Waals surface area contributed by atoms with E-state index in [0.29, 0.717) is 5.75 Å². The molecule has 0 bridgehead atoms. The molecule has 0 heterocycles. The summed E-state index contributed by atoms with van der Waals surface area (Å²) in [6, 6.07) is -5.80. The number of thioether (sulfide) groups is 1. The van der Waals surface area contributed by atoms with Crippen LogP contribution >= 0.6 is 11.8 Å². The van der Waals surface area contributed by atoms with Crippen molar-refractivity contribution in [2.45, 2.75) is 49.9 Å². The van der Waals surface area contributed by atoms with Gasteiger partial charge in [0.15, 0.2) is 0 Å². The van der Waals surface area contributed by atoms with Gasteiger partial charge in [0, 0.05) is 6.42 Å². The number of aliphatic hydroxyl groups excluding tert-OH is 1. The first-order valence-corrected chi connectivity index (χ1v) is 10.7. The van der Waals surface area contributed by atoms with Gasteiger partial charge >= 0.3 is 17.9 Å². The highest BCUT2D eigenvalue weighted by atomic mass is 32.2. The number of rotatable bonds is 16. The van der Waals surface area contributed by atoms with Crippen molar-refractivity contribution in [3.05, 3.63) is 0 Å². The molecule has 32 heavy (non-hydrogen) atoms. The van der Waals surface area contributed by atoms with Crippen LogP contribution in [0.25, 0.3) is 0 Å². The van der Waals surface area contributed by atoms with E-state index in [9.17, 15) is 28.8 Å². The lowest BCUT2D eigenvalue weighted by atomic mass is 10.1. The normalized spacial score (nSPS) is 14.3. The Morgan fingerprint density at radius 1 is 0.812 bits per heavy atom. The van der Waals surface area contributed by atoms with Gasteiger partial charge in [-0.3, -0.25) is 24.0 Å². The van der Waals surface area contributed by atoms with Gasteiger partial charge in [-0.05, 0) is 24.9 Å². The van der Waals surface area contributed by atoms with E-state index in [0.717, 1.165) is 0 Å². The van der Waals surface area contributed by atoms with Crippen LogP contribution in [0.15, 0.2) is 0 Å². The van der Waals surface area contributed by atoms with E-state index in [1.807, 2.05) is 5.32 Å². The molecule has 0 aromatic carbocycles. The van der Waals surface area contributed by atoms with E-state index in [1.165, 1.54) is 11.8 Å². The van der Waals surface area contributed by atoms with Crippen molar-refractivity contribution < 1.29 is 49.2 Å². The summed E-state index contributed by atoms with van der Waals surface area (Å²) in [5.41, 5.74) is 5.38. The molecular formula is C17H28N4O10S. The van der Waals surface area contributed by atoms with Crippen LogP contribution in [-0.2, 0) is 28.8 Å². The monoisotopic (exact) mass is 480 g/mol. The van der Waals surface area contributed by atoms with Crippen LogP contribution in [0.1, 0.15) is 25.7 Å². The molecule has 3 amide bonds. The van der Waals surface area contributed by atoms with Gasteiger partial charge in [0.2, 0.25) is 17.7 Å². The smallest absolute Gasteiger partial charge is 0.326 e. The van der Waals surface area contributed by atoms with E-state index in [-0.39, 0.29) is 12.8 Å². The Balaban J connectivity index is 5.48. The minimum absolute atomic E-state index is 0.0356. The molecule has 0 rings (SSSR count). The maximum absolute atomic E-state index is 12.7. The van der Waals surface area contributed by atoms with Crippen LogP contribution in [-0.4, -0.2) is 98.8 Å². The van der Waals surface area contributed by atoms with Crippen LogP contribution in [0.3, 0.4) is 0 Å². The van der Waals surface area contributed by atoms with Gasteiger partial charge in [-0.1, -0.05) is 0 Å². The Morgan fingerprint density at radius 2 is 1.31 bits per heavy atom. The molecular weight excluding hydrogens is 452 g/mol. The third-order valence-electron chi connectivity index (χ3n) is 4.05. The third kappa shape index (κ3) is 11.5. The zero-order valence-corrected chi connectivity index (χ0v) is 18.1. The number of hydrogen-bond acceptors (Lipinski definition) is 9. The van der Waals surface area contributed by atoms with Gasteiger partial charge < -0.3 is 42.1 Å². The summed E-state index contributed by atoms with van der Waals surface area (Å²) in [5, 5.41) is 42.3. The number of aliphatic hydroxyl groups is 1. The number of carbonyl (C=O) groups is 6. The maximum Gasteiger partial charge on any atom is 0.326 e. The molecule has 0 aromatic heterocycles. The summed E-state index contributed by atoms with van der Waals surface area (Å²) in [6.07, 6.45) is 0.00867. The van der Waals surface area contributed by atoms with E-state index in [2.05, 4.69) is 10.6 Å². The molecule has 4 atom stereocenters. The summed E-state index contributed by atoms with van der Waals surface area (Å²) in [7, 11) is 0. The summed E-state index contributed by atoms with van der Waals surface area (Å²) in [6.45, 7) is -0.724. The molecule has 0 aliphatic carbocycles. The summed E-state index contributed by atoms with van der Waals surface area (Å²) < 4.78 is 0. The van der Waals surface area contributed by atoms with E-state index >= 15 is 0 Å².